The molecule has 8 nitrogen and oxygen atoms in total. The molecular weight excluding hydrogens is 452 g/mol. The predicted molar refractivity (Wildman–Crippen MR) is 130 cm³/mol. The first kappa shape index (κ1) is 23.3. The minimum absolute atomic E-state index is 0.0619. The molecular formula is C25H24N4O4S. The quantitative estimate of drug-likeness (QED) is 0.362. The Labute approximate surface area is 200 Å². The summed E-state index contributed by atoms with van der Waals surface area (Å²) in [4.78, 5) is 37.6. The van der Waals surface area contributed by atoms with E-state index in [2.05, 4.69) is 34.2 Å². The normalized spacial score (nSPS) is 11.5. The van der Waals surface area contributed by atoms with Gasteiger partial charge in [-0.1, -0.05) is 19.9 Å². The monoisotopic (exact) mass is 476 g/mol. The molecule has 0 aliphatic carbocycles. The molecule has 4 aromatic rings. The lowest BCUT2D eigenvalue weighted by Crippen LogP contribution is -2.20. The maximum atomic E-state index is 13.1. The fraction of sp³-hybridized carbons (Fsp3) is 0.240. The zero-order valence-corrected chi connectivity index (χ0v) is 19.7. The van der Waals surface area contributed by atoms with Gasteiger partial charge in [0, 0.05) is 30.3 Å². The van der Waals surface area contributed by atoms with Crippen LogP contribution in [0.15, 0.2) is 59.0 Å². The van der Waals surface area contributed by atoms with Crippen molar-refractivity contribution in [3.05, 3.63) is 92.1 Å². The molecule has 0 saturated heterocycles. The van der Waals surface area contributed by atoms with Gasteiger partial charge in [0.2, 0.25) is 5.88 Å². The van der Waals surface area contributed by atoms with Crippen molar-refractivity contribution in [1.82, 2.24) is 19.4 Å². The van der Waals surface area contributed by atoms with E-state index in [-0.39, 0.29) is 18.1 Å². The third-order valence-electron chi connectivity index (χ3n) is 5.16. The number of nitrogens with zero attached hydrogens (tertiary/aromatic N) is 4. The van der Waals surface area contributed by atoms with Gasteiger partial charge in [0.15, 0.2) is 0 Å². The van der Waals surface area contributed by atoms with Crippen molar-refractivity contribution < 1.29 is 14.6 Å². The number of carboxylic acids is 1. The smallest absolute Gasteiger partial charge is 0.328 e. The van der Waals surface area contributed by atoms with E-state index >= 15 is 0 Å². The number of aliphatic carboxylic acids is 1. The van der Waals surface area contributed by atoms with Gasteiger partial charge in [-0.3, -0.25) is 14.2 Å². The SMILES string of the molecule is CC(C)c1csc(CCc2ccn3c(=O)c(C=CC(=O)O)c(OCc4ccccn4)nc3c2)n1. The second-order valence-corrected chi connectivity index (χ2v) is 8.94. The highest BCUT2D eigenvalue weighted by Gasteiger charge is 2.14. The van der Waals surface area contributed by atoms with Crippen molar-refractivity contribution in [2.75, 3.05) is 0 Å². The van der Waals surface area contributed by atoms with E-state index in [0.29, 0.717) is 17.3 Å². The first-order valence-electron chi connectivity index (χ1n) is 10.8. The van der Waals surface area contributed by atoms with Crippen LogP contribution in [0.4, 0.5) is 0 Å². The fourth-order valence-electron chi connectivity index (χ4n) is 3.32. The molecule has 0 fully saturated rings. The van der Waals surface area contributed by atoms with Crippen LogP contribution in [0.2, 0.25) is 0 Å². The van der Waals surface area contributed by atoms with Crippen molar-refractivity contribution in [1.29, 1.82) is 0 Å². The van der Waals surface area contributed by atoms with Crippen LogP contribution in [0.5, 0.6) is 5.88 Å². The average Bonchev–Trinajstić information content (AvgIpc) is 3.31. The first-order valence-corrected chi connectivity index (χ1v) is 11.7. The molecule has 1 N–H and O–H groups in total. The van der Waals surface area contributed by atoms with Crippen LogP contribution in [0.25, 0.3) is 11.7 Å². The van der Waals surface area contributed by atoms with Gasteiger partial charge in [0.05, 0.1) is 16.4 Å². The molecule has 4 rings (SSSR count). The lowest BCUT2D eigenvalue weighted by Gasteiger charge is -2.11. The molecule has 0 bridgehead atoms. The summed E-state index contributed by atoms with van der Waals surface area (Å²) in [6.45, 7) is 4.34. The summed E-state index contributed by atoms with van der Waals surface area (Å²) in [5.41, 5.74) is 2.85. The van der Waals surface area contributed by atoms with Gasteiger partial charge in [-0.2, -0.15) is 4.98 Å². The highest BCUT2D eigenvalue weighted by Crippen LogP contribution is 2.20. The van der Waals surface area contributed by atoms with E-state index in [9.17, 15) is 9.59 Å². The Kier molecular flexibility index (Phi) is 7.12. The second kappa shape index (κ2) is 10.4. The Morgan fingerprint density at radius 3 is 2.79 bits per heavy atom. The molecule has 0 radical (unpaired) electrons. The summed E-state index contributed by atoms with van der Waals surface area (Å²) in [5.74, 6) is -0.708. The minimum atomic E-state index is -1.17. The highest BCUT2D eigenvalue weighted by atomic mass is 32.1. The van der Waals surface area contributed by atoms with Crippen LogP contribution in [0.1, 0.15) is 47.3 Å². The summed E-state index contributed by atoms with van der Waals surface area (Å²) in [5, 5.41) is 12.2. The Hall–Kier alpha value is -3.85. The summed E-state index contributed by atoms with van der Waals surface area (Å²) < 4.78 is 7.19. The third kappa shape index (κ3) is 5.55. The lowest BCUT2D eigenvalue weighted by atomic mass is 10.1. The molecule has 4 heterocycles. The molecule has 0 aliphatic heterocycles. The molecule has 174 valence electrons. The molecule has 0 amide bonds. The van der Waals surface area contributed by atoms with Crippen LogP contribution in [0, 0.1) is 0 Å². The predicted octanol–water partition coefficient (Wildman–Crippen LogP) is 4.13. The van der Waals surface area contributed by atoms with Gasteiger partial charge in [-0.15, -0.1) is 11.3 Å². The average molecular weight is 477 g/mol. The Morgan fingerprint density at radius 1 is 1.24 bits per heavy atom. The van der Waals surface area contributed by atoms with Gasteiger partial charge in [0.1, 0.15) is 17.8 Å². The van der Waals surface area contributed by atoms with Gasteiger partial charge in [-0.05, 0) is 48.2 Å². The van der Waals surface area contributed by atoms with Gasteiger partial charge < -0.3 is 9.84 Å². The van der Waals surface area contributed by atoms with Gasteiger partial charge >= 0.3 is 5.97 Å². The van der Waals surface area contributed by atoms with Crippen LogP contribution < -0.4 is 10.3 Å². The maximum Gasteiger partial charge on any atom is 0.328 e. The number of ether oxygens (including phenoxy) is 1. The van der Waals surface area contributed by atoms with Crippen molar-refractivity contribution in [3.63, 3.8) is 0 Å². The largest absolute Gasteiger partial charge is 0.478 e. The van der Waals surface area contributed by atoms with Crippen LogP contribution in [-0.2, 0) is 24.2 Å². The first-order chi connectivity index (χ1) is 16.4. The zero-order chi connectivity index (χ0) is 24.1. The van der Waals surface area contributed by atoms with Gasteiger partial charge in [-0.25, -0.2) is 9.78 Å². The lowest BCUT2D eigenvalue weighted by molar-refractivity contribution is -0.131. The number of carbonyl (C=O) groups is 1. The van der Waals surface area contributed by atoms with Crippen molar-refractivity contribution in [2.45, 2.75) is 39.2 Å². The molecule has 0 spiro atoms. The number of rotatable bonds is 9. The number of hydrogen-bond donors (Lipinski definition) is 1. The Balaban J connectivity index is 1.64. The minimum Gasteiger partial charge on any atom is -0.478 e. The molecule has 34 heavy (non-hydrogen) atoms. The number of carboxylic acid groups (broad SMARTS) is 1. The van der Waals surface area contributed by atoms with Crippen molar-refractivity contribution in [3.8, 4) is 5.88 Å². The summed E-state index contributed by atoms with van der Waals surface area (Å²) in [6, 6.07) is 9.13. The van der Waals surface area contributed by atoms with Crippen LogP contribution in [-0.4, -0.2) is 30.4 Å². The topological polar surface area (TPSA) is 107 Å². The van der Waals surface area contributed by atoms with Crippen molar-refractivity contribution >= 4 is 29.0 Å². The third-order valence-corrected chi connectivity index (χ3v) is 6.09. The number of aromatic nitrogens is 4. The number of fused-ring (bicyclic) bond motifs is 1. The van der Waals surface area contributed by atoms with E-state index in [1.165, 1.54) is 10.5 Å². The number of thiazole rings is 1. The van der Waals surface area contributed by atoms with Crippen LogP contribution in [0.3, 0.4) is 0 Å². The molecule has 0 atom stereocenters. The van der Waals surface area contributed by atoms with Crippen molar-refractivity contribution in [2.24, 2.45) is 0 Å². The number of pyridine rings is 2. The van der Waals surface area contributed by atoms with E-state index < -0.39 is 11.5 Å². The second-order valence-electron chi connectivity index (χ2n) is 8.00. The fourth-order valence-corrected chi connectivity index (χ4v) is 4.28. The summed E-state index contributed by atoms with van der Waals surface area (Å²) in [6.07, 6.45) is 6.95. The standard InChI is InChI=1S/C25H24N4O4S/c1-16(2)20-15-34-22(27-20)8-6-17-10-12-29-21(13-17)28-24(19(25(29)32)7-9-23(30)31)33-14-18-5-3-4-11-26-18/h3-5,7,9-13,15-16H,6,8,14H2,1-2H3,(H,30,31). The van der Waals surface area contributed by atoms with E-state index in [1.807, 2.05) is 18.2 Å². The van der Waals surface area contributed by atoms with E-state index in [0.717, 1.165) is 35.2 Å². The van der Waals surface area contributed by atoms with Gasteiger partial charge in [0.25, 0.3) is 5.56 Å². The molecule has 0 aromatic carbocycles. The molecule has 0 saturated carbocycles. The summed E-state index contributed by atoms with van der Waals surface area (Å²) >= 11 is 1.66. The Morgan fingerprint density at radius 2 is 2.09 bits per heavy atom. The van der Waals surface area contributed by atoms with Crippen LogP contribution >= 0.6 is 11.3 Å². The molecule has 9 heteroatoms. The molecule has 0 aliphatic rings. The zero-order valence-electron chi connectivity index (χ0n) is 18.8. The molecule has 4 aromatic heterocycles. The number of aryl methyl sites for hydroxylation is 2. The van der Waals surface area contributed by atoms with E-state index in [1.54, 1.807) is 35.9 Å². The summed E-state index contributed by atoms with van der Waals surface area (Å²) in [7, 11) is 0. The highest BCUT2D eigenvalue weighted by molar-refractivity contribution is 7.09. The Bertz CT molecular complexity index is 1390. The van der Waals surface area contributed by atoms with E-state index in [4.69, 9.17) is 9.84 Å². The number of hydrogen-bond acceptors (Lipinski definition) is 7. The molecule has 0 unspecified atom stereocenters. The maximum absolute atomic E-state index is 13.1.